The van der Waals surface area contributed by atoms with Crippen LogP contribution in [0.4, 0.5) is 5.69 Å². The first-order chi connectivity index (χ1) is 11.2. The maximum atomic E-state index is 12.1. The molecule has 0 saturated heterocycles. The molecule has 2 rings (SSSR count). The first kappa shape index (κ1) is 17.1. The van der Waals surface area contributed by atoms with E-state index in [9.17, 15) is 4.79 Å². The van der Waals surface area contributed by atoms with Crippen molar-refractivity contribution in [3.63, 3.8) is 0 Å². The van der Waals surface area contributed by atoms with Crippen LogP contribution in [0, 0.1) is 0 Å². The standard InChI is InChI=1S/C15H20N4O3S/c1-4-5-13-17-15(19-18-13)23-9-14(20)16-11-8-10(21-2)6-7-12(11)22-3/h6-8H,4-5,9H2,1-3H3,(H,16,20)(H,17,18,19). The molecule has 0 spiro atoms. The molecular formula is C15H20N4O3S. The largest absolute Gasteiger partial charge is 0.497 e. The molecule has 7 nitrogen and oxygen atoms in total. The zero-order valence-electron chi connectivity index (χ0n) is 13.4. The molecular weight excluding hydrogens is 316 g/mol. The maximum absolute atomic E-state index is 12.1. The van der Waals surface area contributed by atoms with Crippen molar-refractivity contribution in [1.82, 2.24) is 15.2 Å². The Hall–Kier alpha value is -2.22. The predicted octanol–water partition coefficient (Wildman–Crippen LogP) is 2.51. The minimum absolute atomic E-state index is 0.164. The molecule has 1 aromatic heterocycles. The van der Waals surface area contributed by atoms with E-state index in [1.807, 2.05) is 0 Å². The zero-order valence-corrected chi connectivity index (χ0v) is 14.2. The lowest BCUT2D eigenvalue weighted by Crippen LogP contribution is -2.15. The van der Waals surface area contributed by atoms with Gasteiger partial charge in [0, 0.05) is 12.5 Å². The van der Waals surface area contributed by atoms with Gasteiger partial charge < -0.3 is 14.8 Å². The van der Waals surface area contributed by atoms with Crippen LogP contribution in [0.5, 0.6) is 11.5 Å². The van der Waals surface area contributed by atoms with E-state index in [-0.39, 0.29) is 11.7 Å². The van der Waals surface area contributed by atoms with E-state index in [0.29, 0.717) is 22.3 Å². The van der Waals surface area contributed by atoms with Gasteiger partial charge in [-0.15, -0.1) is 5.10 Å². The second kappa shape index (κ2) is 8.42. The first-order valence-electron chi connectivity index (χ1n) is 7.22. The van der Waals surface area contributed by atoms with Crippen LogP contribution < -0.4 is 14.8 Å². The molecule has 0 aliphatic rings. The van der Waals surface area contributed by atoms with E-state index in [1.165, 1.54) is 11.8 Å². The molecule has 0 saturated carbocycles. The molecule has 2 aromatic rings. The van der Waals surface area contributed by atoms with Crippen molar-refractivity contribution in [3.05, 3.63) is 24.0 Å². The van der Waals surface area contributed by atoms with Gasteiger partial charge in [0.2, 0.25) is 11.1 Å². The van der Waals surface area contributed by atoms with Crippen molar-refractivity contribution in [2.75, 3.05) is 25.3 Å². The third-order valence-electron chi connectivity index (χ3n) is 3.01. The highest BCUT2D eigenvalue weighted by molar-refractivity contribution is 7.99. The SMILES string of the molecule is CCCc1nc(SCC(=O)Nc2cc(OC)ccc2OC)n[nH]1. The second-order valence-corrected chi connectivity index (χ2v) is 5.66. The zero-order chi connectivity index (χ0) is 16.7. The molecule has 0 fully saturated rings. The highest BCUT2D eigenvalue weighted by Crippen LogP contribution is 2.29. The normalized spacial score (nSPS) is 10.4. The Labute approximate surface area is 139 Å². The summed E-state index contributed by atoms with van der Waals surface area (Å²) in [6.45, 7) is 2.07. The minimum Gasteiger partial charge on any atom is -0.497 e. The van der Waals surface area contributed by atoms with Crippen molar-refractivity contribution in [2.45, 2.75) is 24.9 Å². The number of anilines is 1. The first-order valence-corrected chi connectivity index (χ1v) is 8.20. The number of nitrogens with zero attached hydrogens (tertiary/aromatic N) is 2. The number of nitrogens with one attached hydrogen (secondary N) is 2. The molecule has 0 unspecified atom stereocenters. The lowest BCUT2D eigenvalue weighted by atomic mass is 10.2. The van der Waals surface area contributed by atoms with Gasteiger partial charge in [-0.25, -0.2) is 4.98 Å². The van der Waals surface area contributed by atoms with E-state index in [0.717, 1.165) is 18.7 Å². The van der Waals surface area contributed by atoms with Gasteiger partial charge >= 0.3 is 0 Å². The number of amides is 1. The van der Waals surface area contributed by atoms with Crippen LogP contribution >= 0.6 is 11.8 Å². The molecule has 0 aliphatic carbocycles. The van der Waals surface area contributed by atoms with Crippen molar-refractivity contribution >= 4 is 23.4 Å². The van der Waals surface area contributed by atoms with Gasteiger partial charge in [0.15, 0.2) is 0 Å². The highest BCUT2D eigenvalue weighted by Gasteiger charge is 2.11. The number of aromatic nitrogens is 3. The Balaban J connectivity index is 1.93. The fourth-order valence-electron chi connectivity index (χ4n) is 1.92. The van der Waals surface area contributed by atoms with Gasteiger partial charge in [0.25, 0.3) is 0 Å². The van der Waals surface area contributed by atoms with E-state index in [4.69, 9.17) is 9.47 Å². The summed E-state index contributed by atoms with van der Waals surface area (Å²) in [7, 11) is 3.12. The number of carbonyl (C=O) groups is 1. The van der Waals surface area contributed by atoms with Crippen LogP contribution in [0.2, 0.25) is 0 Å². The molecule has 0 bridgehead atoms. The van der Waals surface area contributed by atoms with Crippen molar-refractivity contribution in [3.8, 4) is 11.5 Å². The van der Waals surface area contributed by atoms with Crippen LogP contribution in [0.3, 0.4) is 0 Å². The summed E-state index contributed by atoms with van der Waals surface area (Å²) in [6.07, 6.45) is 1.84. The number of aryl methyl sites for hydroxylation is 1. The molecule has 8 heteroatoms. The van der Waals surface area contributed by atoms with Crippen molar-refractivity contribution < 1.29 is 14.3 Å². The fourth-order valence-corrected chi connectivity index (χ4v) is 2.54. The van der Waals surface area contributed by atoms with Gasteiger partial charge in [-0.1, -0.05) is 18.7 Å². The Bertz CT molecular complexity index is 660. The smallest absolute Gasteiger partial charge is 0.234 e. The summed E-state index contributed by atoms with van der Waals surface area (Å²) >= 11 is 1.28. The number of aromatic amines is 1. The van der Waals surface area contributed by atoms with E-state index in [2.05, 4.69) is 27.4 Å². The summed E-state index contributed by atoms with van der Waals surface area (Å²) in [5, 5.41) is 10.3. The monoisotopic (exact) mass is 336 g/mol. The molecule has 1 aromatic carbocycles. The molecule has 124 valence electrons. The number of benzene rings is 1. The minimum atomic E-state index is -0.164. The number of ether oxygens (including phenoxy) is 2. The number of hydrogen-bond acceptors (Lipinski definition) is 6. The Morgan fingerprint density at radius 2 is 2.17 bits per heavy atom. The van der Waals surface area contributed by atoms with Gasteiger partial charge in [0.1, 0.15) is 17.3 Å². The lowest BCUT2D eigenvalue weighted by Gasteiger charge is -2.11. The van der Waals surface area contributed by atoms with Crippen molar-refractivity contribution in [2.24, 2.45) is 0 Å². The number of H-pyrrole nitrogens is 1. The van der Waals surface area contributed by atoms with Crippen LogP contribution in [0.15, 0.2) is 23.4 Å². The second-order valence-electron chi connectivity index (χ2n) is 4.72. The van der Waals surface area contributed by atoms with Crippen LogP contribution in [-0.4, -0.2) is 41.1 Å². The van der Waals surface area contributed by atoms with Crippen LogP contribution in [0.25, 0.3) is 0 Å². The van der Waals surface area contributed by atoms with E-state index < -0.39 is 0 Å². The number of thioether (sulfide) groups is 1. The summed E-state index contributed by atoms with van der Waals surface area (Å²) in [6, 6.07) is 5.23. The Kier molecular flexibility index (Phi) is 6.28. The predicted molar refractivity (Wildman–Crippen MR) is 89.3 cm³/mol. The molecule has 1 amide bonds. The van der Waals surface area contributed by atoms with Gasteiger partial charge in [-0.3, -0.25) is 9.89 Å². The quantitative estimate of drug-likeness (QED) is 0.720. The summed E-state index contributed by atoms with van der Waals surface area (Å²) in [5.74, 6) is 2.11. The summed E-state index contributed by atoms with van der Waals surface area (Å²) in [4.78, 5) is 16.4. The summed E-state index contributed by atoms with van der Waals surface area (Å²) < 4.78 is 10.4. The Morgan fingerprint density at radius 1 is 1.35 bits per heavy atom. The maximum Gasteiger partial charge on any atom is 0.234 e. The molecule has 1 heterocycles. The average Bonchev–Trinajstić information content (AvgIpc) is 3.01. The third kappa shape index (κ3) is 4.88. The highest BCUT2D eigenvalue weighted by atomic mass is 32.2. The van der Waals surface area contributed by atoms with Crippen molar-refractivity contribution in [1.29, 1.82) is 0 Å². The molecule has 0 atom stereocenters. The van der Waals surface area contributed by atoms with Crippen LogP contribution in [0.1, 0.15) is 19.2 Å². The van der Waals surface area contributed by atoms with Crippen LogP contribution in [-0.2, 0) is 11.2 Å². The molecule has 2 N–H and O–H groups in total. The van der Waals surface area contributed by atoms with E-state index in [1.54, 1.807) is 32.4 Å². The fraction of sp³-hybridized carbons (Fsp3) is 0.400. The lowest BCUT2D eigenvalue weighted by molar-refractivity contribution is -0.113. The number of carbonyl (C=O) groups excluding carboxylic acids is 1. The summed E-state index contributed by atoms with van der Waals surface area (Å²) in [5.41, 5.74) is 0.569. The topological polar surface area (TPSA) is 89.1 Å². The number of rotatable bonds is 8. The van der Waals surface area contributed by atoms with Gasteiger partial charge in [-0.05, 0) is 18.6 Å². The Morgan fingerprint density at radius 3 is 2.87 bits per heavy atom. The van der Waals surface area contributed by atoms with E-state index >= 15 is 0 Å². The molecule has 0 radical (unpaired) electrons. The number of hydrogen-bond donors (Lipinski definition) is 2. The number of methoxy groups -OCH3 is 2. The molecule has 23 heavy (non-hydrogen) atoms. The molecule has 0 aliphatic heterocycles. The third-order valence-corrected chi connectivity index (χ3v) is 3.86. The van der Waals surface area contributed by atoms with Gasteiger partial charge in [-0.2, -0.15) is 0 Å². The average molecular weight is 336 g/mol. The van der Waals surface area contributed by atoms with Gasteiger partial charge in [0.05, 0.1) is 25.7 Å².